The van der Waals surface area contributed by atoms with Crippen LogP contribution in [0.25, 0.3) is 0 Å². The van der Waals surface area contributed by atoms with Crippen LogP contribution in [0.15, 0.2) is 35.3 Å². The quantitative estimate of drug-likeness (QED) is 0.341. The molecule has 0 spiro atoms. The molecule has 1 aliphatic carbocycles. The van der Waals surface area contributed by atoms with E-state index in [0.29, 0.717) is 19.1 Å². The molecule has 0 bridgehead atoms. The number of carbonyl (C=O) groups is 1. The van der Waals surface area contributed by atoms with Crippen molar-refractivity contribution >= 4 is 12.1 Å². The van der Waals surface area contributed by atoms with E-state index in [-0.39, 0.29) is 12.1 Å². The van der Waals surface area contributed by atoms with Gasteiger partial charge in [-0.05, 0) is 51.0 Å². The summed E-state index contributed by atoms with van der Waals surface area (Å²) >= 11 is 0. The Labute approximate surface area is 156 Å². The Morgan fingerprint density at radius 2 is 2.00 bits per heavy atom. The van der Waals surface area contributed by atoms with E-state index in [1.807, 2.05) is 13.0 Å². The Balaban J connectivity index is 1.77. The third-order valence-electron chi connectivity index (χ3n) is 4.34. The molecule has 2 rings (SSSR count). The van der Waals surface area contributed by atoms with Gasteiger partial charge in [0.2, 0.25) is 0 Å². The minimum atomic E-state index is -0.347. The maximum atomic E-state index is 11.7. The van der Waals surface area contributed by atoms with Crippen molar-refractivity contribution in [3.05, 3.63) is 35.9 Å². The van der Waals surface area contributed by atoms with Crippen molar-refractivity contribution < 1.29 is 9.53 Å². The van der Waals surface area contributed by atoms with Crippen molar-refractivity contribution in [2.75, 3.05) is 26.2 Å². The number of carbonyl (C=O) groups excluding carboxylic acids is 1. The number of ether oxygens (including phenoxy) is 1. The van der Waals surface area contributed by atoms with Crippen LogP contribution in [0.3, 0.4) is 0 Å². The Morgan fingerprint density at radius 3 is 2.65 bits per heavy atom. The van der Waals surface area contributed by atoms with Gasteiger partial charge in [-0.25, -0.2) is 4.79 Å². The van der Waals surface area contributed by atoms with Gasteiger partial charge in [0.15, 0.2) is 5.96 Å². The lowest BCUT2D eigenvalue weighted by atomic mass is 10.1. The molecule has 0 aromatic heterocycles. The zero-order valence-corrected chi connectivity index (χ0v) is 16.0. The van der Waals surface area contributed by atoms with E-state index in [9.17, 15) is 4.79 Å². The van der Waals surface area contributed by atoms with Crippen LogP contribution in [0.2, 0.25) is 0 Å². The molecule has 1 atom stereocenters. The van der Waals surface area contributed by atoms with Crippen LogP contribution in [-0.4, -0.2) is 44.3 Å². The summed E-state index contributed by atoms with van der Waals surface area (Å²) in [7, 11) is 0. The Bertz CT molecular complexity index is 558. The molecule has 144 valence electrons. The SMILES string of the molecule is CCNC(=NCC(NC(=O)OCC)C1CC1)NCCCc1ccccc1. The van der Waals surface area contributed by atoms with Crippen LogP contribution in [-0.2, 0) is 11.2 Å². The minimum absolute atomic E-state index is 0.0498. The maximum absolute atomic E-state index is 11.7. The van der Waals surface area contributed by atoms with Crippen LogP contribution >= 0.6 is 0 Å². The number of aliphatic imine (C=N–C) groups is 1. The van der Waals surface area contributed by atoms with Gasteiger partial charge in [-0.2, -0.15) is 0 Å². The van der Waals surface area contributed by atoms with Gasteiger partial charge in [-0.1, -0.05) is 30.3 Å². The number of aryl methyl sites for hydroxylation is 1. The van der Waals surface area contributed by atoms with Crippen LogP contribution < -0.4 is 16.0 Å². The van der Waals surface area contributed by atoms with Crippen molar-refractivity contribution in [1.82, 2.24) is 16.0 Å². The number of alkyl carbamates (subject to hydrolysis) is 1. The number of amides is 1. The smallest absolute Gasteiger partial charge is 0.407 e. The van der Waals surface area contributed by atoms with Gasteiger partial charge in [0.25, 0.3) is 0 Å². The molecule has 1 amide bonds. The summed E-state index contributed by atoms with van der Waals surface area (Å²) in [5, 5.41) is 9.59. The first-order valence-electron chi connectivity index (χ1n) is 9.72. The van der Waals surface area contributed by atoms with Gasteiger partial charge in [-0.3, -0.25) is 4.99 Å². The second-order valence-electron chi connectivity index (χ2n) is 6.54. The lowest BCUT2D eigenvalue weighted by Crippen LogP contribution is -2.42. The molecule has 1 aromatic rings. The number of rotatable bonds is 10. The lowest BCUT2D eigenvalue weighted by Gasteiger charge is -2.17. The van der Waals surface area contributed by atoms with Crippen LogP contribution in [0, 0.1) is 5.92 Å². The first kappa shape index (κ1) is 20.1. The molecule has 1 saturated carbocycles. The monoisotopic (exact) mass is 360 g/mol. The number of benzene rings is 1. The molecule has 1 unspecified atom stereocenters. The Kier molecular flexibility index (Phi) is 8.79. The fourth-order valence-corrected chi connectivity index (χ4v) is 2.81. The average Bonchev–Trinajstić information content (AvgIpc) is 3.48. The van der Waals surface area contributed by atoms with E-state index < -0.39 is 0 Å². The number of hydrogen-bond acceptors (Lipinski definition) is 3. The molecule has 6 nitrogen and oxygen atoms in total. The molecular weight excluding hydrogens is 328 g/mol. The highest BCUT2D eigenvalue weighted by Gasteiger charge is 2.32. The average molecular weight is 361 g/mol. The second kappa shape index (κ2) is 11.4. The van der Waals surface area contributed by atoms with E-state index in [1.165, 1.54) is 5.56 Å². The normalized spacial score (nSPS) is 15.2. The molecule has 1 fully saturated rings. The third kappa shape index (κ3) is 7.76. The Hall–Kier alpha value is -2.24. The highest BCUT2D eigenvalue weighted by atomic mass is 16.5. The van der Waals surface area contributed by atoms with Gasteiger partial charge < -0.3 is 20.7 Å². The molecule has 3 N–H and O–H groups in total. The van der Waals surface area contributed by atoms with Crippen LogP contribution in [0.5, 0.6) is 0 Å². The molecule has 0 saturated heterocycles. The van der Waals surface area contributed by atoms with Crippen molar-refractivity contribution in [2.45, 2.75) is 45.6 Å². The standard InChI is InChI=1S/C20H32N4O2/c1-3-21-19(22-14-8-11-16-9-6-5-7-10-16)23-15-18(17-12-13-17)24-20(25)26-4-2/h5-7,9-10,17-18H,3-4,8,11-15H2,1-2H3,(H,24,25)(H2,21,22,23). The number of nitrogens with zero attached hydrogens (tertiary/aromatic N) is 1. The summed E-state index contributed by atoms with van der Waals surface area (Å²) in [5.41, 5.74) is 1.35. The molecular formula is C20H32N4O2. The van der Waals surface area contributed by atoms with Gasteiger partial charge >= 0.3 is 6.09 Å². The first-order valence-corrected chi connectivity index (χ1v) is 9.72. The molecule has 1 aliphatic rings. The summed E-state index contributed by atoms with van der Waals surface area (Å²) in [4.78, 5) is 16.3. The highest BCUT2D eigenvalue weighted by Crippen LogP contribution is 2.32. The topological polar surface area (TPSA) is 74.8 Å². The predicted octanol–water partition coefficient (Wildman–Crippen LogP) is 2.70. The van der Waals surface area contributed by atoms with Crippen LogP contribution in [0.1, 0.15) is 38.7 Å². The fraction of sp³-hybridized carbons (Fsp3) is 0.600. The predicted molar refractivity (Wildman–Crippen MR) is 105 cm³/mol. The number of guanidine groups is 1. The third-order valence-corrected chi connectivity index (χ3v) is 4.34. The molecule has 26 heavy (non-hydrogen) atoms. The maximum Gasteiger partial charge on any atom is 0.407 e. The van der Waals surface area contributed by atoms with E-state index in [4.69, 9.17) is 4.74 Å². The first-order chi connectivity index (χ1) is 12.7. The molecule has 6 heteroatoms. The van der Waals surface area contributed by atoms with Crippen molar-refractivity contribution in [1.29, 1.82) is 0 Å². The van der Waals surface area contributed by atoms with E-state index >= 15 is 0 Å². The summed E-state index contributed by atoms with van der Waals surface area (Å²) in [6, 6.07) is 10.5. The second-order valence-corrected chi connectivity index (χ2v) is 6.54. The van der Waals surface area contributed by atoms with Crippen LogP contribution in [0.4, 0.5) is 4.79 Å². The number of hydrogen-bond donors (Lipinski definition) is 3. The van der Waals surface area contributed by atoms with Gasteiger partial charge in [0, 0.05) is 13.1 Å². The van der Waals surface area contributed by atoms with E-state index in [1.54, 1.807) is 0 Å². The Morgan fingerprint density at radius 1 is 1.23 bits per heavy atom. The van der Waals surface area contributed by atoms with Crippen molar-refractivity contribution in [2.24, 2.45) is 10.9 Å². The minimum Gasteiger partial charge on any atom is -0.450 e. The summed E-state index contributed by atoms with van der Waals surface area (Å²) < 4.78 is 5.00. The summed E-state index contributed by atoms with van der Waals surface area (Å²) in [6.07, 6.45) is 4.03. The van der Waals surface area contributed by atoms with Gasteiger partial charge in [0.1, 0.15) is 0 Å². The largest absolute Gasteiger partial charge is 0.450 e. The van der Waals surface area contributed by atoms with Crippen molar-refractivity contribution in [3.63, 3.8) is 0 Å². The number of nitrogens with one attached hydrogen (secondary N) is 3. The summed E-state index contributed by atoms with van der Waals surface area (Å²) in [6.45, 7) is 6.49. The highest BCUT2D eigenvalue weighted by molar-refractivity contribution is 5.79. The molecule has 0 heterocycles. The summed E-state index contributed by atoms with van der Waals surface area (Å²) in [5.74, 6) is 1.32. The molecule has 1 aromatic carbocycles. The zero-order valence-electron chi connectivity index (χ0n) is 16.0. The van der Waals surface area contributed by atoms with Crippen molar-refractivity contribution in [3.8, 4) is 0 Å². The fourth-order valence-electron chi connectivity index (χ4n) is 2.81. The molecule has 0 radical (unpaired) electrons. The zero-order chi connectivity index (χ0) is 18.6. The van der Waals surface area contributed by atoms with E-state index in [2.05, 4.69) is 52.1 Å². The van der Waals surface area contributed by atoms with Gasteiger partial charge in [-0.15, -0.1) is 0 Å². The van der Waals surface area contributed by atoms with E-state index in [0.717, 1.165) is 44.7 Å². The molecule has 0 aliphatic heterocycles. The lowest BCUT2D eigenvalue weighted by molar-refractivity contribution is 0.147. The van der Waals surface area contributed by atoms with Gasteiger partial charge in [0.05, 0.1) is 19.2 Å².